The normalized spacial score (nSPS) is 15.9. The molecule has 0 aliphatic carbocycles. The first-order valence-electron chi connectivity index (χ1n) is 9.30. The number of hydrogen-bond acceptors (Lipinski definition) is 7. The third-order valence-electron chi connectivity index (χ3n) is 4.97. The van der Waals surface area contributed by atoms with Gasteiger partial charge in [-0.15, -0.1) is 5.10 Å². The zero-order chi connectivity index (χ0) is 19.8. The highest BCUT2D eigenvalue weighted by Gasteiger charge is 2.28. The van der Waals surface area contributed by atoms with Crippen LogP contribution in [0.2, 0.25) is 0 Å². The van der Waals surface area contributed by atoms with Crippen molar-refractivity contribution in [1.29, 1.82) is 0 Å². The molecule has 8 heteroatoms. The van der Waals surface area contributed by atoms with Gasteiger partial charge in [0, 0.05) is 5.56 Å². The Morgan fingerprint density at radius 3 is 2.90 bits per heavy atom. The molecule has 0 saturated heterocycles. The molecule has 8 nitrogen and oxygen atoms in total. The van der Waals surface area contributed by atoms with Crippen LogP contribution >= 0.6 is 0 Å². The van der Waals surface area contributed by atoms with Crippen molar-refractivity contribution in [1.82, 2.24) is 25.1 Å². The van der Waals surface area contributed by atoms with E-state index < -0.39 is 0 Å². The highest BCUT2D eigenvalue weighted by Crippen LogP contribution is 2.32. The van der Waals surface area contributed by atoms with Gasteiger partial charge < -0.3 is 14.0 Å². The minimum atomic E-state index is -0.127. The summed E-state index contributed by atoms with van der Waals surface area (Å²) in [6.45, 7) is 2.93. The Balaban J connectivity index is 1.41. The molecule has 0 spiro atoms. The summed E-state index contributed by atoms with van der Waals surface area (Å²) in [6.07, 6.45) is -0.127. The SMILES string of the molecule is COc1cccc([C@@H]2Cn3nnc(-c4nc(-c5cccc(C)c5)no4)c3CO2)c1. The highest BCUT2D eigenvalue weighted by molar-refractivity contribution is 5.59. The number of methoxy groups -OCH3 is 1. The fourth-order valence-electron chi connectivity index (χ4n) is 3.44. The molecule has 5 rings (SSSR count). The fourth-order valence-corrected chi connectivity index (χ4v) is 3.44. The zero-order valence-corrected chi connectivity index (χ0v) is 16.1. The van der Waals surface area contributed by atoms with Crippen LogP contribution in [0.3, 0.4) is 0 Å². The highest BCUT2D eigenvalue weighted by atomic mass is 16.5. The summed E-state index contributed by atoms with van der Waals surface area (Å²) in [4.78, 5) is 4.51. The smallest absolute Gasteiger partial charge is 0.280 e. The van der Waals surface area contributed by atoms with Crippen LogP contribution in [-0.2, 0) is 17.9 Å². The van der Waals surface area contributed by atoms with Gasteiger partial charge in [0.1, 0.15) is 11.9 Å². The summed E-state index contributed by atoms with van der Waals surface area (Å²) in [6, 6.07) is 15.8. The third-order valence-corrected chi connectivity index (χ3v) is 4.97. The molecule has 0 fully saturated rings. The quantitative estimate of drug-likeness (QED) is 0.527. The fraction of sp³-hybridized carbons (Fsp3) is 0.238. The lowest BCUT2D eigenvalue weighted by Crippen LogP contribution is -2.22. The number of hydrogen-bond donors (Lipinski definition) is 0. The Hall–Kier alpha value is -3.52. The maximum Gasteiger partial charge on any atom is 0.280 e. The van der Waals surface area contributed by atoms with Gasteiger partial charge in [-0.1, -0.05) is 46.3 Å². The molecule has 1 atom stereocenters. The lowest BCUT2D eigenvalue weighted by molar-refractivity contribution is -0.00127. The lowest BCUT2D eigenvalue weighted by atomic mass is 10.1. The van der Waals surface area contributed by atoms with Crippen LogP contribution in [0, 0.1) is 6.92 Å². The van der Waals surface area contributed by atoms with E-state index in [-0.39, 0.29) is 6.10 Å². The van der Waals surface area contributed by atoms with Gasteiger partial charge in [-0.25, -0.2) is 4.68 Å². The standard InChI is InChI=1S/C21H19N5O3/c1-13-5-3-7-15(9-13)20-22-21(29-24-20)19-17-12-28-18(11-26(17)25-23-19)14-6-4-8-16(10-14)27-2/h3-10,18H,11-12H2,1-2H3/t18-/m0/s1. The molecule has 3 heterocycles. The topological polar surface area (TPSA) is 88.1 Å². The van der Waals surface area contributed by atoms with Crippen LogP contribution in [0.25, 0.3) is 23.0 Å². The average Bonchev–Trinajstić information content (AvgIpc) is 3.40. The predicted octanol–water partition coefficient (Wildman–Crippen LogP) is 3.58. The molecule has 29 heavy (non-hydrogen) atoms. The van der Waals surface area contributed by atoms with Gasteiger partial charge in [0.15, 0.2) is 5.69 Å². The van der Waals surface area contributed by atoms with Gasteiger partial charge in [-0.05, 0) is 30.7 Å². The number of aryl methyl sites for hydroxylation is 1. The van der Waals surface area contributed by atoms with Crippen molar-refractivity contribution in [2.24, 2.45) is 0 Å². The van der Waals surface area contributed by atoms with Crippen molar-refractivity contribution < 1.29 is 14.0 Å². The number of ether oxygens (including phenoxy) is 2. The van der Waals surface area contributed by atoms with Crippen LogP contribution in [0.4, 0.5) is 0 Å². The van der Waals surface area contributed by atoms with Crippen molar-refractivity contribution in [3.63, 3.8) is 0 Å². The van der Waals surface area contributed by atoms with Crippen LogP contribution in [-0.4, -0.2) is 32.2 Å². The second-order valence-corrected chi connectivity index (χ2v) is 6.94. The lowest BCUT2D eigenvalue weighted by Gasteiger charge is -2.24. The Morgan fingerprint density at radius 2 is 2.03 bits per heavy atom. The molecular weight excluding hydrogens is 370 g/mol. The molecule has 2 aromatic heterocycles. The number of benzene rings is 2. The van der Waals surface area contributed by atoms with Gasteiger partial charge in [0.2, 0.25) is 5.82 Å². The van der Waals surface area contributed by atoms with Crippen LogP contribution < -0.4 is 4.74 Å². The first-order valence-corrected chi connectivity index (χ1v) is 9.30. The van der Waals surface area contributed by atoms with Crippen molar-refractivity contribution in [3.8, 4) is 28.7 Å². The number of nitrogens with zero attached hydrogens (tertiary/aromatic N) is 5. The largest absolute Gasteiger partial charge is 0.497 e. The van der Waals surface area contributed by atoms with E-state index >= 15 is 0 Å². The minimum absolute atomic E-state index is 0.127. The van der Waals surface area contributed by atoms with Gasteiger partial charge in [0.05, 0.1) is 26.0 Å². The van der Waals surface area contributed by atoms with Crippen LogP contribution in [0.5, 0.6) is 5.75 Å². The first-order chi connectivity index (χ1) is 14.2. The Morgan fingerprint density at radius 1 is 1.14 bits per heavy atom. The van der Waals surface area contributed by atoms with Crippen molar-refractivity contribution in [2.45, 2.75) is 26.2 Å². The van der Waals surface area contributed by atoms with Gasteiger partial charge in [-0.2, -0.15) is 4.98 Å². The number of aromatic nitrogens is 5. The van der Waals surface area contributed by atoms with E-state index in [1.165, 1.54) is 0 Å². The van der Waals surface area contributed by atoms with E-state index in [4.69, 9.17) is 14.0 Å². The maximum absolute atomic E-state index is 6.07. The molecule has 1 aliphatic rings. The molecule has 0 amide bonds. The summed E-state index contributed by atoms with van der Waals surface area (Å²) in [5.41, 5.74) is 4.44. The molecular formula is C21H19N5O3. The Kier molecular flexibility index (Phi) is 4.33. The zero-order valence-electron chi connectivity index (χ0n) is 16.1. The molecule has 1 aliphatic heterocycles. The molecule has 0 unspecified atom stereocenters. The summed E-state index contributed by atoms with van der Waals surface area (Å²) in [5.74, 6) is 1.66. The summed E-state index contributed by atoms with van der Waals surface area (Å²) < 4.78 is 18.7. The van der Waals surface area contributed by atoms with Crippen molar-refractivity contribution in [2.75, 3.05) is 7.11 Å². The van der Waals surface area contributed by atoms with E-state index in [2.05, 4.69) is 20.5 Å². The number of rotatable bonds is 4. The van der Waals surface area contributed by atoms with Gasteiger partial charge in [-0.3, -0.25) is 0 Å². The molecule has 0 bridgehead atoms. The van der Waals surface area contributed by atoms with Crippen LogP contribution in [0.15, 0.2) is 53.1 Å². The first kappa shape index (κ1) is 17.6. The summed E-state index contributed by atoms with van der Waals surface area (Å²) in [5, 5.41) is 12.6. The molecule has 0 radical (unpaired) electrons. The van der Waals surface area contributed by atoms with E-state index in [1.807, 2.05) is 60.1 Å². The average molecular weight is 389 g/mol. The molecule has 2 aromatic carbocycles. The summed E-state index contributed by atoms with van der Waals surface area (Å²) >= 11 is 0. The molecule has 4 aromatic rings. The predicted molar refractivity (Wildman–Crippen MR) is 104 cm³/mol. The number of fused-ring (bicyclic) bond motifs is 1. The van der Waals surface area contributed by atoms with Crippen molar-refractivity contribution in [3.05, 3.63) is 65.4 Å². The van der Waals surface area contributed by atoms with E-state index in [0.717, 1.165) is 28.1 Å². The van der Waals surface area contributed by atoms with Gasteiger partial charge in [0.25, 0.3) is 5.89 Å². The van der Waals surface area contributed by atoms with Crippen LogP contribution in [0.1, 0.15) is 22.9 Å². The van der Waals surface area contributed by atoms with E-state index in [1.54, 1.807) is 7.11 Å². The molecule has 0 saturated carbocycles. The minimum Gasteiger partial charge on any atom is -0.497 e. The van der Waals surface area contributed by atoms with Gasteiger partial charge >= 0.3 is 0 Å². The Bertz CT molecular complexity index is 1170. The Labute approximate surface area is 167 Å². The maximum atomic E-state index is 6.07. The monoisotopic (exact) mass is 389 g/mol. The molecule has 146 valence electrons. The third kappa shape index (κ3) is 3.27. The van der Waals surface area contributed by atoms with E-state index in [9.17, 15) is 0 Å². The van der Waals surface area contributed by atoms with Crippen molar-refractivity contribution >= 4 is 0 Å². The van der Waals surface area contributed by atoms with E-state index in [0.29, 0.717) is 30.6 Å². The second-order valence-electron chi connectivity index (χ2n) is 6.94. The summed E-state index contributed by atoms with van der Waals surface area (Å²) in [7, 11) is 1.65. The molecule has 0 N–H and O–H groups in total. The second kappa shape index (κ2) is 7.14.